The number of amides is 2. The van der Waals surface area contributed by atoms with E-state index in [1.165, 1.54) is 19.4 Å². The number of nitrogens with zero attached hydrogens (tertiary/aromatic N) is 2. The van der Waals surface area contributed by atoms with Crippen LogP contribution in [0, 0.1) is 12.7 Å². The van der Waals surface area contributed by atoms with Gasteiger partial charge in [-0.3, -0.25) is 0 Å². The van der Waals surface area contributed by atoms with Crippen molar-refractivity contribution in [3.63, 3.8) is 0 Å². The van der Waals surface area contributed by atoms with Crippen LogP contribution in [-0.4, -0.2) is 35.9 Å². The van der Waals surface area contributed by atoms with E-state index in [-0.39, 0.29) is 30.3 Å². The van der Waals surface area contributed by atoms with E-state index in [4.69, 9.17) is 14.2 Å². The Morgan fingerprint density at radius 1 is 1.14 bits per heavy atom. The Bertz CT molecular complexity index is 1230. The molecule has 2 aromatic heterocycles. The monoisotopic (exact) mass is 492 g/mol. The van der Waals surface area contributed by atoms with Crippen LogP contribution in [0.25, 0.3) is 0 Å². The molecule has 1 aliphatic heterocycles. The minimum absolute atomic E-state index is 0.0698. The molecule has 2 N–H and O–H groups in total. The molecule has 12 heteroatoms. The number of hydrogen-bond donors (Lipinski definition) is 2. The van der Waals surface area contributed by atoms with E-state index in [9.17, 15) is 22.4 Å². The van der Waals surface area contributed by atoms with Gasteiger partial charge in [-0.1, -0.05) is 0 Å². The predicted molar refractivity (Wildman–Crippen MR) is 117 cm³/mol. The maximum absolute atomic E-state index is 14.0. The number of aryl methyl sites for hydroxylation is 1. The predicted octanol–water partition coefficient (Wildman–Crippen LogP) is 5.55. The lowest BCUT2D eigenvalue weighted by atomic mass is 9.85. The van der Waals surface area contributed by atoms with Gasteiger partial charge in [-0.2, -0.15) is 13.2 Å². The number of carbonyl (C=O) groups excluding carboxylic acids is 1. The van der Waals surface area contributed by atoms with Crippen LogP contribution in [0.2, 0.25) is 0 Å². The van der Waals surface area contributed by atoms with Gasteiger partial charge in [-0.25, -0.2) is 19.2 Å². The number of nitrogens with one attached hydrogen (secondary N) is 2. The first-order valence-corrected chi connectivity index (χ1v) is 10.4. The number of pyridine rings is 2. The third-order valence-electron chi connectivity index (χ3n) is 5.29. The topological polar surface area (TPSA) is 94.6 Å². The summed E-state index contributed by atoms with van der Waals surface area (Å²) in [5, 5.41) is 5.10. The number of benzene rings is 1. The molecular formula is C23H20F4N4O4. The number of hydrogen-bond acceptors (Lipinski definition) is 6. The van der Waals surface area contributed by atoms with Crippen molar-refractivity contribution < 1.29 is 36.6 Å². The molecule has 2 amide bonds. The Hall–Kier alpha value is -3.93. The Balaban J connectivity index is 1.61. The summed E-state index contributed by atoms with van der Waals surface area (Å²) >= 11 is 0. The standard InChI is InChI=1S/C23H20F4N4O4/c1-13-3-6-17(31-21(32)30-15-5-8-19(33-2)28-12-15)20(29-13)35-18-7-4-14(24)11-16(18)22(9-10-34-22)23(25,26)27/h3-8,11-12H,9-10H2,1-2H3,(H2,30,31,32). The van der Waals surface area contributed by atoms with Crippen molar-refractivity contribution in [2.75, 3.05) is 24.4 Å². The molecule has 0 spiro atoms. The van der Waals surface area contributed by atoms with E-state index in [2.05, 4.69) is 20.6 Å². The number of methoxy groups -OCH3 is 1. The molecule has 3 heterocycles. The fourth-order valence-corrected chi connectivity index (χ4v) is 3.47. The molecule has 0 bridgehead atoms. The number of halogens is 4. The molecule has 1 aromatic carbocycles. The smallest absolute Gasteiger partial charge is 0.421 e. The van der Waals surface area contributed by atoms with Crippen LogP contribution >= 0.6 is 0 Å². The number of aromatic nitrogens is 2. The molecular weight excluding hydrogens is 472 g/mol. The third kappa shape index (κ3) is 4.97. The fourth-order valence-electron chi connectivity index (χ4n) is 3.47. The third-order valence-corrected chi connectivity index (χ3v) is 5.29. The van der Waals surface area contributed by atoms with Crippen LogP contribution in [-0.2, 0) is 10.3 Å². The Kier molecular flexibility index (Phi) is 6.48. The number of urea groups is 1. The average molecular weight is 492 g/mol. The Morgan fingerprint density at radius 2 is 1.91 bits per heavy atom. The van der Waals surface area contributed by atoms with Gasteiger partial charge in [-0.05, 0) is 43.3 Å². The molecule has 184 valence electrons. The van der Waals surface area contributed by atoms with Crippen LogP contribution < -0.4 is 20.1 Å². The molecule has 0 radical (unpaired) electrons. The van der Waals surface area contributed by atoms with Gasteiger partial charge in [0.15, 0.2) is 5.60 Å². The van der Waals surface area contributed by atoms with E-state index in [0.717, 1.165) is 18.2 Å². The van der Waals surface area contributed by atoms with Gasteiger partial charge >= 0.3 is 12.2 Å². The summed E-state index contributed by atoms with van der Waals surface area (Å²) in [7, 11) is 1.45. The van der Waals surface area contributed by atoms with Crippen LogP contribution in [0.5, 0.6) is 17.5 Å². The molecule has 1 aliphatic rings. The molecule has 0 aliphatic carbocycles. The van der Waals surface area contributed by atoms with Gasteiger partial charge < -0.3 is 24.8 Å². The van der Waals surface area contributed by atoms with Gasteiger partial charge in [0, 0.05) is 23.7 Å². The molecule has 4 rings (SSSR count). The van der Waals surface area contributed by atoms with Gasteiger partial charge in [-0.15, -0.1) is 0 Å². The van der Waals surface area contributed by atoms with Crippen LogP contribution in [0.15, 0.2) is 48.7 Å². The lowest BCUT2D eigenvalue weighted by Gasteiger charge is -2.43. The first-order chi connectivity index (χ1) is 16.6. The maximum atomic E-state index is 14.0. The quantitative estimate of drug-likeness (QED) is 0.439. The number of alkyl halides is 3. The zero-order valence-electron chi connectivity index (χ0n) is 18.6. The van der Waals surface area contributed by atoms with E-state index in [1.807, 2.05) is 0 Å². The van der Waals surface area contributed by atoms with Crippen molar-refractivity contribution >= 4 is 17.4 Å². The average Bonchev–Trinajstić information content (AvgIpc) is 2.76. The largest absolute Gasteiger partial charge is 0.481 e. The molecule has 3 aromatic rings. The van der Waals surface area contributed by atoms with Gasteiger partial charge in [0.05, 0.1) is 25.6 Å². The summed E-state index contributed by atoms with van der Waals surface area (Å²) in [6.07, 6.45) is -3.81. The lowest BCUT2D eigenvalue weighted by molar-refractivity contribution is -0.333. The van der Waals surface area contributed by atoms with Gasteiger partial charge in [0.2, 0.25) is 11.8 Å². The second-order valence-corrected chi connectivity index (χ2v) is 7.64. The summed E-state index contributed by atoms with van der Waals surface area (Å²) in [6, 6.07) is 8.25. The highest BCUT2D eigenvalue weighted by molar-refractivity contribution is 6.00. The maximum Gasteiger partial charge on any atom is 0.421 e. The van der Waals surface area contributed by atoms with Crippen molar-refractivity contribution in [1.29, 1.82) is 0 Å². The number of rotatable bonds is 6. The van der Waals surface area contributed by atoms with Crippen LogP contribution in [0.1, 0.15) is 17.7 Å². The van der Waals surface area contributed by atoms with E-state index < -0.39 is 29.2 Å². The molecule has 8 nitrogen and oxygen atoms in total. The van der Waals surface area contributed by atoms with Crippen molar-refractivity contribution in [2.24, 2.45) is 0 Å². The van der Waals surface area contributed by atoms with Gasteiger partial charge in [0.25, 0.3) is 0 Å². The SMILES string of the molecule is COc1ccc(NC(=O)Nc2ccc(C)nc2Oc2ccc(F)cc2C2(C(F)(F)F)CCO2)cn1. The minimum Gasteiger partial charge on any atom is -0.481 e. The van der Waals surface area contributed by atoms with Crippen LogP contribution in [0.4, 0.5) is 33.7 Å². The Morgan fingerprint density at radius 3 is 2.51 bits per heavy atom. The summed E-state index contributed by atoms with van der Waals surface area (Å²) < 4.78 is 71.1. The lowest BCUT2D eigenvalue weighted by Crippen LogP contribution is -2.52. The van der Waals surface area contributed by atoms with Crippen LogP contribution in [0.3, 0.4) is 0 Å². The summed E-state index contributed by atoms with van der Waals surface area (Å²) in [6.45, 7) is 1.50. The summed E-state index contributed by atoms with van der Waals surface area (Å²) in [5.41, 5.74) is -2.30. The van der Waals surface area contributed by atoms with Crippen molar-refractivity contribution in [1.82, 2.24) is 9.97 Å². The van der Waals surface area contributed by atoms with Crippen molar-refractivity contribution in [3.8, 4) is 17.5 Å². The molecule has 1 saturated heterocycles. The number of anilines is 2. The zero-order valence-corrected chi connectivity index (χ0v) is 18.6. The molecule has 1 unspecified atom stereocenters. The number of ether oxygens (including phenoxy) is 3. The summed E-state index contributed by atoms with van der Waals surface area (Å²) in [5.74, 6) is -1.01. The highest BCUT2D eigenvalue weighted by atomic mass is 19.4. The molecule has 1 fully saturated rings. The van der Waals surface area contributed by atoms with Crippen molar-refractivity contribution in [3.05, 3.63) is 65.7 Å². The summed E-state index contributed by atoms with van der Waals surface area (Å²) in [4.78, 5) is 20.7. The van der Waals surface area contributed by atoms with Gasteiger partial charge in [0.1, 0.15) is 17.3 Å². The minimum atomic E-state index is -4.80. The molecule has 0 saturated carbocycles. The molecule has 35 heavy (non-hydrogen) atoms. The second kappa shape index (κ2) is 9.37. The van der Waals surface area contributed by atoms with E-state index >= 15 is 0 Å². The number of carbonyl (C=O) groups is 1. The highest BCUT2D eigenvalue weighted by Gasteiger charge is 2.62. The second-order valence-electron chi connectivity index (χ2n) is 7.64. The first kappa shape index (κ1) is 24.2. The molecule has 1 atom stereocenters. The van der Waals surface area contributed by atoms with E-state index in [1.54, 1.807) is 25.1 Å². The van der Waals surface area contributed by atoms with Crippen molar-refractivity contribution in [2.45, 2.75) is 25.1 Å². The Labute approximate surface area is 197 Å². The fraction of sp³-hybridized carbons (Fsp3) is 0.261. The highest BCUT2D eigenvalue weighted by Crippen LogP contribution is 2.53. The normalized spacial score (nSPS) is 17.3. The van der Waals surface area contributed by atoms with E-state index in [0.29, 0.717) is 17.3 Å². The zero-order chi connectivity index (χ0) is 25.2. The first-order valence-electron chi connectivity index (χ1n) is 10.4.